The topological polar surface area (TPSA) is 152 Å². The number of nitrogens with one attached hydrogen (secondary N) is 2. The Kier molecular flexibility index (Phi) is 17.8. The van der Waals surface area contributed by atoms with Gasteiger partial charge in [0.15, 0.2) is 5.69 Å². The summed E-state index contributed by atoms with van der Waals surface area (Å²) in [4.78, 5) is 44.2. The number of pyridine rings is 2. The van der Waals surface area contributed by atoms with E-state index >= 15 is 0 Å². The predicted molar refractivity (Wildman–Crippen MR) is 234 cm³/mol. The van der Waals surface area contributed by atoms with Gasteiger partial charge in [0.2, 0.25) is 17.4 Å². The number of benzene rings is 1. The summed E-state index contributed by atoms with van der Waals surface area (Å²) in [6, 6.07) is 14.7. The Hall–Kier alpha value is -5.79. The number of carbonyl (C=O) groups excluding carboxylic acids is 2. The van der Waals surface area contributed by atoms with Crippen LogP contribution in [0.25, 0.3) is 22.4 Å². The molecular formula is C46H61F3N8O3. The van der Waals surface area contributed by atoms with Crippen molar-refractivity contribution < 1.29 is 22.8 Å². The van der Waals surface area contributed by atoms with Crippen molar-refractivity contribution in [3.05, 3.63) is 112 Å². The SMILES string of the molecule is CC.CC.CCC1C=C(CC(C(=O)NC(C)(C)Cn2nc(C(F)(F)F)cc2-c2ccc(=O)n(C)c2)N(C)C(=O)C2CC2)C=CC1.N=Cc1cc(-c2ccccc2)cnc1N. The summed E-state index contributed by atoms with van der Waals surface area (Å²) < 4.78 is 43.4. The van der Waals surface area contributed by atoms with Crippen LogP contribution in [0.5, 0.6) is 0 Å². The molecule has 0 aliphatic heterocycles. The van der Waals surface area contributed by atoms with E-state index in [1.807, 2.05) is 70.2 Å². The monoisotopic (exact) mass is 830 g/mol. The minimum Gasteiger partial charge on any atom is -0.383 e. The zero-order chi connectivity index (χ0) is 44.8. The van der Waals surface area contributed by atoms with E-state index in [4.69, 9.17) is 11.1 Å². The summed E-state index contributed by atoms with van der Waals surface area (Å²) >= 11 is 0. The van der Waals surface area contributed by atoms with Crippen molar-refractivity contribution in [1.29, 1.82) is 5.41 Å². The number of amides is 2. The maximum Gasteiger partial charge on any atom is 0.435 e. The van der Waals surface area contributed by atoms with Crippen LogP contribution in [0.1, 0.15) is 91.8 Å². The first-order valence-electron chi connectivity index (χ1n) is 20.6. The maximum atomic E-state index is 13.8. The Morgan fingerprint density at radius 1 is 1.03 bits per heavy atom. The molecule has 3 heterocycles. The number of rotatable bonds is 12. The van der Waals surface area contributed by atoms with Crippen LogP contribution in [0, 0.1) is 17.2 Å². The van der Waals surface area contributed by atoms with Crippen molar-refractivity contribution in [1.82, 2.24) is 29.5 Å². The Morgan fingerprint density at radius 2 is 1.70 bits per heavy atom. The molecule has 1 aromatic carbocycles. The first-order chi connectivity index (χ1) is 28.5. The minimum atomic E-state index is -4.68. The molecular weight excluding hydrogens is 770 g/mol. The molecule has 1 fully saturated rings. The summed E-state index contributed by atoms with van der Waals surface area (Å²) in [6.07, 6.45) is 9.79. The van der Waals surface area contributed by atoms with Gasteiger partial charge in [0.05, 0.1) is 17.8 Å². The molecule has 4 N–H and O–H groups in total. The molecule has 2 aliphatic rings. The highest BCUT2D eigenvalue weighted by Gasteiger charge is 2.39. The molecule has 2 amide bonds. The van der Waals surface area contributed by atoms with Gasteiger partial charge in [-0.3, -0.25) is 19.1 Å². The van der Waals surface area contributed by atoms with E-state index in [0.717, 1.165) is 48.4 Å². The van der Waals surface area contributed by atoms with Crippen molar-refractivity contribution in [3.8, 4) is 22.4 Å². The molecule has 1 saturated carbocycles. The van der Waals surface area contributed by atoms with E-state index < -0.39 is 23.5 Å². The number of alkyl halides is 3. The van der Waals surface area contributed by atoms with Crippen molar-refractivity contribution in [2.75, 3.05) is 12.8 Å². The highest BCUT2D eigenvalue weighted by molar-refractivity contribution is 5.90. The van der Waals surface area contributed by atoms with Gasteiger partial charge in [0, 0.05) is 67.8 Å². The highest BCUT2D eigenvalue weighted by Crippen LogP contribution is 2.34. The molecule has 14 heteroatoms. The molecule has 60 heavy (non-hydrogen) atoms. The van der Waals surface area contributed by atoms with Gasteiger partial charge >= 0.3 is 6.18 Å². The average Bonchev–Trinajstić information content (AvgIpc) is 4.01. The predicted octanol–water partition coefficient (Wildman–Crippen LogP) is 9.08. The van der Waals surface area contributed by atoms with Crippen LogP contribution in [0.4, 0.5) is 19.0 Å². The number of hydrogen-bond donors (Lipinski definition) is 3. The van der Waals surface area contributed by atoms with E-state index in [2.05, 4.69) is 34.5 Å². The lowest BCUT2D eigenvalue weighted by Crippen LogP contribution is -2.55. The normalized spacial score (nSPS) is 15.1. The number of aromatic nitrogens is 4. The first kappa shape index (κ1) is 48.6. The third-order valence-corrected chi connectivity index (χ3v) is 9.89. The molecule has 2 aliphatic carbocycles. The van der Waals surface area contributed by atoms with Gasteiger partial charge in [0.1, 0.15) is 11.9 Å². The van der Waals surface area contributed by atoms with E-state index in [-0.39, 0.29) is 35.5 Å². The minimum absolute atomic E-state index is 0.0724. The van der Waals surface area contributed by atoms with Gasteiger partial charge in [-0.2, -0.15) is 18.3 Å². The molecule has 3 aromatic heterocycles. The number of anilines is 1. The largest absolute Gasteiger partial charge is 0.435 e. The van der Waals surface area contributed by atoms with Crippen LogP contribution in [-0.2, 0) is 29.4 Å². The summed E-state index contributed by atoms with van der Waals surface area (Å²) in [6.45, 7) is 13.4. The quantitative estimate of drug-likeness (QED) is 0.121. The lowest BCUT2D eigenvalue weighted by atomic mass is 9.90. The van der Waals surface area contributed by atoms with Crippen LogP contribution in [-0.4, -0.2) is 60.9 Å². The molecule has 0 saturated heterocycles. The Labute approximate surface area is 352 Å². The van der Waals surface area contributed by atoms with E-state index in [9.17, 15) is 27.6 Å². The smallest absolute Gasteiger partial charge is 0.383 e. The number of allylic oxidation sites excluding steroid dienone is 3. The van der Waals surface area contributed by atoms with Gasteiger partial charge in [0.25, 0.3) is 0 Å². The van der Waals surface area contributed by atoms with E-state index in [0.29, 0.717) is 29.3 Å². The molecule has 4 aromatic rings. The number of nitrogen functional groups attached to an aromatic ring is 1. The number of nitrogens with zero attached hydrogens (tertiary/aromatic N) is 5. The average molecular weight is 831 g/mol. The van der Waals surface area contributed by atoms with Gasteiger partial charge in [-0.25, -0.2) is 4.98 Å². The zero-order valence-corrected chi connectivity index (χ0v) is 36.3. The Bertz CT molecular complexity index is 2170. The number of likely N-dealkylation sites (N-methyl/N-ethyl adjacent to an activating group) is 1. The van der Waals surface area contributed by atoms with Gasteiger partial charge in [-0.05, 0) is 74.8 Å². The fourth-order valence-electron chi connectivity index (χ4n) is 6.52. The number of carbonyl (C=O) groups is 2. The van der Waals surface area contributed by atoms with Crippen LogP contribution in [0.3, 0.4) is 0 Å². The van der Waals surface area contributed by atoms with Gasteiger partial charge in [-0.15, -0.1) is 0 Å². The molecule has 324 valence electrons. The van der Waals surface area contributed by atoms with Gasteiger partial charge in [-0.1, -0.05) is 83.2 Å². The fourth-order valence-corrected chi connectivity index (χ4v) is 6.52. The van der Waals surface area contributed by atoms with E-state index in [1.165, 1.54) is 45.7 Å². The summed E-state index contributed by atoms with van der Waals surface area (Å²) in [5.74, 6) is 0.236. The van der Waals surface area contributed by atoms with E-state index in [1.54, 1.807) is 27.1 Å². The first-order valence-corrected chi connectivity index (χ1v) is 20.6. The fraction of sp³-hybridized carbons (Fsp3) is 0.435. The molecule has 2 unspecified atom stereocenters. The molecule has 0 radical (unpaired) electrons. The lowest BCUT2D eigenvalue weighted by Gasteiger charge is -2.33. The van der Waals surface area contributed by atoms with Crippen molar-refractivity contribution >= 4 is 23.8 Å². The van der Waals surface area contributed by atoms with Gasteiger partial charge < -0.3 is 25.9 Å². The second kappa shape index (κ2) is 22.0. The summed E-state index contributed by atoms with van der Waals surface area (Å²) in [5.41, 5.74) is 7.44. The Morgan fingerprint density at radius 3 is 2.28 bits per heavy atom. The number of halogens is 3. The van der Waals surface area contributed by atoms with Crippen molar-refractivity contribution in [3.63, 3.8) is 0 Å². The lowest BCUT2D eigenvalue weighted by molar-refractivity contribution is -0.141. The van der Waals surface area contributed by atoms with Crippen LogP contribution in [0.15, 0.2) is 95.6 Å². The van der Waals surface area contributed by atoms with Crippen molar-refractivity contribution in [2.45, 2.75) is 105 Å². The van der Waals surface area contributed by atoms with Crippen LogP contribution in [0.2, 0.25) is 0 Å². The second-order valence-electron chi connectivity index (χ2n) is 15.0. The molecule has 0 bridgehead atoms. The summed E-state index contributed by atoms with van der Waals surface area (Å²) in [5, 5.41) is 14.0. The molecule has 2 atom stereocenters. The number of hydrogen-bond acceptors (Lipinski definition) is 7. The molecule has 0 spiro atoms. The molecule has 6 rings (SSSR count). The highest BCUT2D eigenvalue weighted by atomic mass is 19.4. The van der Waals surface area contributed by atoms with Crippen molar-refractivity contribution in [2.24, 2.45) is 18.9 Å². The Balaban J connectivity index is 0.000000419. The van der Waals surface area contributed by atoms with Crippen LogP contribution >= 0.6 is 0 Å². The number of nitrogens with two attached hydrogens (primary N) is 1. The second-order valence-corrected chi connectivity index (χ2v) is 15.0. The third kappa shape index (κ3) is 13.4. The maximum absolute atomic E-state index is 13.8. The number of aryl methyl sites for hydroxylation is 1. The third-order valence-electron chi connectivity index (χ3n) is 9.89. The summed E-state index contributed by atoms with van der Waals surface area (Å²) in [7, 11) is 3.16. The molecule has 11 nitrogen and oxygen atoms in total. The van der Waals surface area contributed by atoms with Crippen LogP contribution < -0.4 is 16.6 Å². The zero-order valence-electron chi connectivity index (χ0n) is 36.3. The standard InChI is InChI=1S/C30H38F3N5O3.C12H11N3.2C2H6/c1-6-19-8-7-9-20(14-19)15-24(37(5)28(41)21-10-11-21)27(40)34-29(2,3)18-38-23(16-25(35-38)30(31,32)33)22-12-13-26(39)36(4)17-22;13-7-10-6-11(8-15-12(10)14)9-4-2-1-3-5-9;2*1-2/h7,9,12-14,16-17,19,21,24H,6,8,10-11,15,18H2,1-5H3,(H,34,40);1-8,13H,(H2,14,15);2*1-2H3.